The number of carbonyl (C=O) groups excluding carboxylic acids is 1. The predicted molar refractivity (Wildman–Crippen MR) is 80.0 cm³/mol. The van der Waals surface area contributed by atoms with Crippen molar-refractivity contribution in [3.63, 3.8) is 0 Å². The maximum absolute atomic E-state index is 13.5. The monoisotopic (exact) mass is 280 g/mol. The Labute approximate surface area is 123 Å². The van der Waals surface area contributed by atoms with Crippen LogP contribution < -0.4 is 0 Å². The van der Waals surface area contributed by atoms with Crippen molar-refractivity contribution in [3.8, 4) is 0 Å². The van der Waals surface area contributed by atoms with Gasteiger partial charge >= 0.3 is 0 Å². The highest BCUT2D eigenvalue weighted by molar-refractivity contribution is 6.01. The maximum Gasteiger partial charge on any atom is 0.166 e. The van der Waals surface area contributed by atoms with E-state index in [1.165, 1.54) is 23.3 Å². The summed E-state index contributed by atoms with van der Waals surface area (Å²) in [5, 5.41) is 0. The first-order chi connectivity index (χ1) is 10.1. The Kier molecular flexibility index (Phi) is 2.75. The Morgan fingerprint density at radius 2 is 2.00 bits per heavy atom. The number of benzene rings is 2. The lowest BCUT2D eigenvalue weighted by molar-refractivity contribution is 0.0958. The number of carbonyl (C=O) groups is 1. The Bertz CT molecular complexity index is 714. The molecule has 106 valence electrons. The molecule has 0 aromatic heterocycles. The molecule has 0 amide bonds. The summed E-state index contributed by atoms with van der Waals surface area (Å²) in [4.78, 5) is 12.7. The first kappa shape index (κ1) is 12.8. The van der Waals surface area contributed by atoms with Gasteiger partial charge in [0.2, 0.25) is 0 Å². The van der Waals surface area contributed by atoms with Crippen LogP contribution >= 0.6 is 0 Å². The molecule has 1 saturated carbocycles. The van der Waals surface area contributed by atoms with Crippen LogP contribution in [0.4, 0.5) is 4.39 Å². The van der Waals surface area contributed by atoms with Crippen LogP contribution in [-0.4, -0.2) is 5.78 Å². The minimum Gasteiger partial charge on any atom is -0.294 e. The van der Waals surface area contributed by atoms with E-state index in [4.69, 9.17) is 0 Å². The Hall–Kier alpha value is -1.96. The van der Waals surface area contributed by atoms with Crippen LogP contribution in [0.1, 0.15) is 39.4 Å². The number of fused-ring (bicyclic) bond motifs is 3. The van der Waals surface area contributed by atoms with E-state index in [0.29, 0.717) is 17.4 Å². The van der Waals surface area contributed by atoms with Gasteiger partial charge in [0.05, 0.1) is 0 Å². The summed E-state index contributed by atoms with van der Waals surface area (Å²) in [6.45, 7) is 1.83. The molecule has 3 atom stereocenters. The van der Waals surface area contributed by atoms with E-state index < -0.39 is 0 Å². The fourth-order valence-electron chi connectivity index (χ4n) is 3.99. The molecule has 2 aromatic carbocycles. The van der Waals surface area contributed by atoms with Crippen LogP contribution in [0, 0.1) is 24.6 Å². The number of rotatable bonds is 2. The summed E-state index contributed by atoms with van der Waals surface area (Å²) in [7, 11) is 0. The molecule has 2 aliphatic carbocycles. The molecule has 0 spiro atoms. The number of hydrogen-bond donors (Lipinski definition) is 0. The van der Waals surface area contributed by atoms with Gasteiger partial charge < -0.3 is 0 Å². The largest absolute Gasteiger partial charge is 0.294 e. The Morgan fingerprint density at radius 3 is 2.81 bits per heavy atom. The van der Waals surface area contributed by atoms with Gasteiger partial charge in [-0.3, -0.25) is 4.79 Å². The van der Waals surface area contributed by atoms with Gasteiger partial charge in [0.25, 0.3) is 0 Å². The molecule has 1 fully saturated rings. The number of hydrogen-bond acceptors (Lipinski definition) is 1. The van der Waals surface area contributed by atoms with Gasteiger partial charge in [-0.05, 0) is 66.5 Å². The molecule has 2 aliphatic rings. The van der Waals surface area contributed by atoms with E-state index in [2.05, 4.69) is 18.2 Å². The molecule has 4 rings (SSSR count). The minimum atomic E-state index is -0.317. The van der Waals surface area contributed by atoms with Crippen LogP contribution in [0.25, 0.3) is 0 Å². The van der Waals surface area contributed by atoms with Crippen LogP contribution in [0.15, 0.2) is 42.5 Å². The SMILES string of the molecule is Cc1cc(F)cc(C(=O)C2C3CCc4ccccc4C32)c1. The van der Waals surface area contributed by atoms with Gasteiger partial charge in [0.15, 0.2) is 5.78 Å². The van der Waals surface area contributed by atoms with Gasteiger partial charge in [-0.1, -0.05) is 24.3 Å². The van der Waals surface area contributed by atoms with Crippen LogP contribution in [0.2, 0.25) is 0 Å². The molecular formula is C19H17FO. The summed E-state index contributed by atoms with van der Waals surface area (Å²) < 4.78 is 13.5. The smallest absolute Gasteiger partial charge is 0.166 e. The third-order valence-electron chi connectivity index (χ3n) is 4.96. The molecule has 0 bridgehead atoms. The maximum atomic E-state index is 13.5. The van der Waals surface area contributed by atoms with Gasteiger partial charge in [-0.2, -0.15) is 0 Å². The summed E-state index contributed by atoms with van der Waals surface area (Å²) in [6, 6.07) is 13.1. The van der Waals surface area contributed by atoms with E-state index in [9.17, 15) is 9.18 Å². The number of aryl methyl sites for hydroxylation is 2. The quantitative estimate of drug-likeness (QED) is 0.750. The minimum absolute atomic E-state index is 0.0508. The zero-order chi connectivity index (χ0) is 14.6. The highest BCUT2D eigenvalue weighted by Crippen LogP contribution is 2.60. The molecule has 2 heteroatoms. The summed E-state index contributed by atoms with van der Waals surface area (Å²) >= 11 is 0. The van der Waals surface area contributed by atoms with Crippen molar-refractivity contribution in [3.05, 3.63) is 70.5 Å². The highest BCUT2D eigenvalue weighted by atomic mass is 19.1. The predicted octanol–water partition coefficient (Wildman–Crippen LogP) is 4.29. The molecule has 0 N–H and O–H groups in total. The topological polar surface area (TPSA) is 17.1 Å². The van der Waals surface area contributed by atoms with Crippen LogP contribution in [-0.2, 0) is 6.42 Å². The van der Waals surface area contributed by atoms with E-state index in [-0.39, 0.29) is 17.5 Å². The van der Waals surface area contributed by atoms with Crippen molar-refractivity contribution in [2.45, 2.75) is 25.7 Å². The van der Waals surface area contributed by atoms with Gasteiger partial charge in [0.1, 0.15) is 5.82 Å². The summed E-state index contributed by atoms with van der Waals surface area (Å²) in [5.74, 6) is 0.656. The second-order valence-corrected chi connectivity index (χ2v) is 6.33. The number of halogens is 1. The zero-order valence-corrected chi connectivity index (χ0v) is 12.0. The summed E-state index contributed by atoms with van der Waals surface area (Å²) in [5.41, 5.74) is 4.05. The van der Waals surface area contributed by atoms with Crippen molar-refractivity contribution in [2.75, 3.05) is 0 Å². The fourth-order valence-corrected chi connectivity index (χ4v) is 3.99. The fraction of sp³-hybridized carbons (Fsp3) is 0.316. The van der Waals surface area contributed by atoms with Gasteiger partial charge in [-0.15, -0.1) is 0 Å². The van der Waals surface area contributed by atoms with Crippen molar-refractivity contribution in [1.82, 2.24) is 0 Å². The Balaban J connectivity index is 1.66. The lowest BCUT2D eigenvalue weighted by Gasteiger charge is -2.13. The lowest BCUT2D eigenvalue weighted by Crippen LogP contribution is -2.05. The van der Waals surface area contributed by atoms with Crippen LogP contribution in [0.5, 0.6) is 0 Å². The molecule has 0 radical (unpaired) electrons. The third-order valence-corrected chi connectivity index (χ3v) is 4.96. The molecule has 0 aliphatic heterocycles. The molecule has 0 heterocycles. The molecule has 2 aromatic rings. The van der Waals surface area contributed by atoms with E-state index >= 15 is 0 Å². The van der Waals surface area contributed by atoms with Gasteiger partial charge in [-0.25, -0.2) is 4.39 Å². The second-order valence-electron chi connectivity index (χ2n) is 6.33. The molecular weight excluding hydrogens is 263 g/mol. The van der Waals surface area contributed by atoms with Crippen molar-refractivity contribution in [2.24, 2.45) is 11.8 Å². The molecule has 1 nitrogen and oxygen atoms in total. The first-order valence-corrected chi connectivity index (χ1v) is 7.54. The van der Waals surface area contributed by atoms with E-state index in [1.807, 2.05) is 19.1 Å². The molecule has 21 heavy (non-hydrogen) atoms. The Morgan fingerprint density at radius 1 is 1.19 bits per heavy atom. The van der Waals surface area contributed by atoms with E-state index in [1.54, 1.807) is 0 Å². The number of ketones is 1. The van der Waals surface area contributed by atoms with E-state index in [0.717, 1.165) is 18.4 Å². The average molecular weight is 280 g/mol. The highest BCUT2D eigenvalue weighted by Gasteiger charge is 2.56. The molecule has 0 saturated heterocycles. The average Bonchev–Trinajstić information content (AvgIpc) is 3.20. The van der Waals surface area contributed by atoms with Gasteiger partial charge in [0, 0.05) is 11.5 Å². The van der Waals surface area contributed by atoms with Crippen molar-refractivity contribution >= 4 is 5.78 Å². The number of Topliss-reactive ketones (excluding diaryl/α,β-unsaturated/α-hetero) is 1. The zero-order valence-electron chi connectivity index (χ0n) is 12.0. The first-order valence-electron chi connectivity index (χ1n) is 7.54. The molecule has 3 unspecified atom stereocenters. The normalized spacial score (nSPS) is 25.9. The lowest BCUT2D eigenvalue weighted by atomic mass is 9.92. The van der Waals surface area contributed by atoms with Crippen molar-refractivity contribution in [1.29, 1.82) is 0 Å². The van der Waals surface area contributed by atoms with Crippen LogP contribution in [0.3, 0.4) is 0 Å². The van der Waals surface area contributed by atoms with Crippen molar-refractivity contribution < 1.29 is 9.18 Å². The third kappa shape index (κ3) is 2.01. The summed E-state index contributed by atoms with van der Waals surface area (Å²) in [6.07, 6.45) is 2.13. The standard InChI is InChI=1S/C19H17FO/c1-11-8-13(10-14(20)9-11)19(21)18-16-7-6-12-4-2-3-5-15(12)17(16)18/h2-5,8-10,16-18H,6-7H2,1H3. The second kappa shape index (κ2) is 4.52.